The minimum Gasteiger partial charge on any atom is -1.00 e. The van der Waals surface area contributed by atoms with Crippen LogP contribution in [0, 0.1) is 0 Å². The van der Waals surface area contributed by atoms with Gasteiger partial charge in [0, 0.05) is 0 Å². The van der Waals surface area contributed by atoms with Gasteiger partial charge in [0.1, 0.15) is 0 Å². The Morgan fingerprint density at radius 1 is 1.25 bits per heavy atom. The van der Waals surface area contributed by atoms with Crippen molar-refractivity contribution in [2.75, 3.05) is 0 Å². The predicted octanol–water partition coefficient (Wildman–Crippen LogP) is -7.47. The Labute approximate surface area is 73.4 Å². The number of hydrogen-bond acceptors (Lipinski definition) is 4. The topological polar surface area (TPSA) is 69.9 Å². The largest absolute Gasteiger partial charge is 1.00 e. The normalized spacial score (nSPS) is 9.00. The van der Waals surface area contributed by atoms with Crippen molar-refractivity contribution in [2.24, 2.45) is 0 Å². The van der Waals surface area contributed by atoms with Crippen molar-refractivity contribution in [1.29, 1.82) is 0 Å². The van der Waals surface area contributed by atoms with E-state index in [9.17, 15) is 4.53 Å². The molecule has 0 bridgehead atoms. The van der Waals surface area contributed by atoms with E-state index in [1.54, 1.807) is 0 Å². The van der Waals surface area contributed by atoms with Crippen LogP contribution in [0.15, 0.2) is 0 Å². The van der Waals surface area contributed by atoms with Crippen LogP contribution < -0.4 is 37.7 Å². The molecule has 3 N–H and O–H groups in total. The van der Waals surface area contributed by atoms with Gasteiger partial charge < -0.3 is 17.2 Å². The van der Waals surface area contributed by atoms with E-state index in [2.05, 4.69) is 4.63 Å². The van der Waals surface area contributed by atoms with E-state index in [0.29, 0.717) is 0 Å². The van der Waals surface area contributed by atoms with E-state index in [0.717, 1.165) is 0 Å². The summed E-state index contributed by atoms with van der Waals surface area (Å²) in [6, 6.07) is 0. The van der Waals surface area contributed by atoms with Crippen LogP contribution >= 0.6 is 0 Å². The molecule has 42 valence electrons. The Hall–Kier alpha value is 1.18. The van der Waals surface area contributed by atoms with Crippen molar-refractivity contribution >= 4 is 9.05 Å². The van der Waals surface area contributed by atoms with Crippen LogP contribution in [-0.4, -0.2) is 23.4 Å². The summed E-state index contributed by atoms with van der Waals surface area (Å²) in [5.41, 5.74) is 0. The fourth-order valence-electron chi connectivity index (χ4n) is 0. The Kier molecular flexibility index (Phi) is 12.7. The van der Waals surface area contributed by atoms with E-state index in [4.69, 9.17) is 14.4 Å². The van der Waals surface area contributed by atoms with Gasteiger partial charge in [-0.3, -0.25) is 0 Å². The van der Waals surface area contributed by atoms with Crippen molar-refractivity contribution in [3.8, 4) is 0 Å². The summed E-state index contributed by atoms with van der Waals surface area (Å²) in [6.07, 6.45) is 0. The molecule has 0 heterocycles. The van der Waals surface area contributed by atoms with Crippen LogP contribution in [0.3, 0.4) is 0 Å². The van der Waals surface area contributed by atoms with Crippen molar-refractivity contribution < 1.29 is 64.1 Å². The van der Waals surface area contributed by atoms with Crippen molar-refractivity contribution in [2.45, 2.75) is 0 Å². The number of hydrogen-bond donors (Lipinski definition) is 3. The molecule has 0 aromatic heterocycles. The monoisotopic (exact) mass is 130 g/mol. The Bertz CT molecular complexity index is 51.0. The van der Waals surface area contributed by atoms with Crippen molar-refractivity contribution in [3.63, 3.8) is 0 Å². The van der Waals surface area contributed by atoms with Gasteiger partial charge in [-0.2, -0.15) is 4.63 Å². The molecule has 0 aromatic rings. The summed E-state index contributed by atoms with van der Waals surface area (Å²) in [7, 11) is -4.80. The smallest absolute Gasteiger partial charge is 1.00 e. The number of rotatable bonds is 1. The first-order valence-electron chi connectivity index (χ1n) is 1.03. The third-order valence-corrected chi connectivity index (χ3v) is 0.311. The zero-order valence-electron chi connectivity index (χ0n) is 6.63. The standard InChI is InChI=1S/FH3O4Si.2Li.2H/c1-5-6(2,3)4;;;;/h2-4H;;;;/q;2*+1;2*-1. The van der Waals surface area contributed by atoms with Gasteiger partial charge >= 0.3 is 46.8 Å². The van der Waals surface area contributed by atoms with Crippen LogP contribution in [0.4, 0.5) is 4.53 Å². The van der Waals surface area contributed by atoms with E-state index in [-0.39, 0.29) is 40.6 Å². The van der Waals surface area contributed by atoms with Gasteiger partial charge in [-0.25, -0.2) is 0 Å². The van der Waals surface area contributed by atoms with E-state index < -0.39 is 9.05 Å². The third-order valence-electron chi connectivity index (χ3n) is 0.104. The molecule has 0 radical (unpaired) electrons. The molecule has 8 heteroatoms. The molecule has 0 fully saturated rings. The second kappa shape index (κ2) is 6.30. The molecule has 0 aromatic carbocycles. The molecule has 4 nitrogen and oxygen atoms in total. The zero-order valence-corrected chi connectivity index (χ0v) is 5.63. The van der Waals surface area contributed by atoms with E-state index in [1.807, 2.05) is 0 Å². The maximum absolute atomic E-state index is 10.3. The molecule has 8 heavy (non-hydrogen) atoms. The average Bonchev–Trinajstić information content (AvgIpc) is 1.35. The van der Waals surface area contributed by atoms with Crippen molar-refractivity contribution in [3.05, 3.63) is 0 Å². The van der Waals surface area contributed by atoms with Gasteiger partial charge in [0.05, 0.1) is 0 Å². The zero-order chi connectivity index (χ0) is 5.21. The van der Waals surface area contributed by atoms with Gasteiger partial charge in [0.15, 0.2) is 0 Å². The van der Waals surface area contributed by atoms with Gasteiger partial charge in [-0.15, -0.1) is 0 Å². The van der Waals surface area contributed by atoms with Crippen molar-refractivity contribution in [1.82, 2.24) is 0 Å². The summed E-state index contributed by atoms with van der Waals surface area (Å²) >= 11 is 0. The fourth-order valence-corrected chi connectivity index (χ4v) is 0. The molecule has 0 aliphatic heterocycles. The maximum Gasteiger partial charge on any atom is 1.00 e. The molecule has 0 rings (SSSR count). The SMILES string of the molecule is O[Si](O)(O)OF.[H-].[H-].[Li+].[Li+]. The summed E-state index contributed by atoms with van der Waals surface area (Å²) in [5, 5.41) is 0. The fraction of sp³-hybridized carbons (Fsp3) is 0. The van der Waals surface area contributed by atoms with Crippen LogP contribution in [0.25, 0.3) is 0 Å². The van der Waals surface area contributed by atoms with Gasteiger partial charge in [-0.1, -0.05) is 4.53 Å². The van der Waals surface area contributed by atoms with E-state index in [1.165, 1.54) is 0 Å². The van der Waals surface area contributed by atoms with E-state index >= 15 is 0 Å². The first-order chi connectivity index (χ1) is 2.56. The first kappa shape index (κ1) is 16.1. The summed E-state index contributed by atoms with van der Waals surface area (Å²) in [5.74, 6) is 0. The molecule has 0 atom stereocenters. The Morgan fingerprint density at radius 3 is 1.38 bits per heavy atom. The molecular formula is H5FLi2O4Si. The predicted molar refractivity (Wildman–Crippen MR) is 16.8 cm³/mol. The average molecular weight is 130 g/mol. The van der Waals surface area contributed by atoms with Gasteiger partial charge in [0.25, 0.3) is 0 Å². The second-order valence-corrected chi connectivity index (χ2v) is 1.95. The van der Waals surface area contributed by atoms with Crippen LogP contribution in [0.2, 0.25) is 0 Å². The summed E-state index contributed by atoms with van der Waals surface area (Å²) in [6.45, 7) is 0. The third kappa shape index (κ3) is 15.7. The first-order valence-corrected chi connectivity index (χ1v) is 2.78. The molecule has 0 spiro atoms. The number of halogens is 1. The van der Waals surface area contributed by atoms with Crippen LogP contribution in [0.1, 0.15) is 2.85 Å². The summed E-state index contributed by atoms with van der Waals surface area (Å²) < 4.78 is 12.6. The minimum absolute atomic E-state index is 0. The molecule has 0 aliphatic carbocycles. The van der Waals surface area contributed by atoms with Crippen LogP contribution in [0.5, 0.6) is 0 Å². The minimum atomic E-state index is -4.80. The van der Waals surface area contributed by atoms with Gasteiger partial charge in [-0.05, 0) is 0 Å². The quantitative estimate of drug-likeness (QED) is 0.308. The molecule has 0 amide bonds. The Morgan fingerprint density at radius 2 is 1.38 bits per heavy atom. The Balaban J connectivity index is -0.0000000208. The molecule has 0 unspecified atom stereocenters. The summed E-state index contributed by atoms with van der Waals surface area (Å²) in [4.78, 5) is 22.4. The van der Waals surface area contributed by atoms with Crippen LogP contribution in [-0.2, 0) is 4.63 Å². The molecular weight excluding hydrogens is 125 g/mol. The maximum atomic E-state index is 10.3. The van der Waals surface area contributed by atoms with Gasteiger partial charge in [0.2, 0.25) is 0 Å². The molecule has 0 aliphatic rings. The molecule has 0 saturated heterocycles. The molecule has 0 saturated carbocycles. The second-order valence-electron chi connectivity index (χ2n) is 0.651.